The van der Waals surface area contributed by atoms with Gasteiger partial charge in [-0.15, -0.1) is 10.2 Å². The minimum absolute atomic E-state index is 0.520. The van der Waals surface area contributed by atoms with E-state index in [1.165, 1.54) is 18.4 Å². The molecule has 1 saturated carbocycles. The summed E-state index contributed by atoms with van der Waals surface area (Å²) in [6.07, 6.45) is 3.49. The van der Waals surface area contributed by atoms with Gasteiger partial charge in [-0.25, -0.2) is 0 Å². The molecule has 1 aliphatic rings. The van der Waals surface area contributed by atoms with Crippen molar-refractivity contribution in [2.75, 3.05) is 0 Å². The van der Waals surface area contributed by atoms with Crippen LogP contribution in [-0.4, -0.2) is 10.2 Å². The van der Waals surface area contributed by atoms with Crippen molar-refractivity contribution < 1.29 is 4.42 Å². The van der Waals surface area contributed by atoms with E-state index in [-0.39, 0.29) is 0 Å². The predicted octanol–water partition coefficient (Wildman–Crippen LogP) is 3.81. The lowest BCUT2D eigenvalue weighted by Gasteiger charge is -2.04. The molecular formula is C15H18N2O. The molecule has 1 fully saturated rings. The molecule has 3 heteroatoms. The average molecular weight is 242 g/mol. The molecule has 94 valence electrons. The lowest BCUT2D eigenvalue weighted by molar-refractivity contribution is 0.508. The van der Waals surface area contributed by atoms with Gasteiger partial charge < -0.3 is 4.42 Å². The lowest BCUT2D eigenvalue weighted by atomic mass is 10.0. The molecule has 1 aromatic carbocycles. The van der Waals surface area contributed by atoms with Crippen molar-refractivity contribution >= 4 is 0 Å². The van der Waals surface area contributed by atoms with Gasteiger partial charge in [0.1, 0.15) is 0 Å². The van der Waals surface area contributed by atoms with Crippen LogP contribution in [0, 0.1) is 5.92 Å². The minimum Gasteiger partial charge on any atom is -0.420 e. The van der Waals surface area contributed by atoms with Crippen LogP contribution in [0.15, 0.2) is 28.7 Å². The molecule has 1 heterocycles. The van der Waals surface area contributed by atoms with Gasteiger partial charge in [0.2, 0.25) is 11.8 Å². The number of nitrogens with zero attached hydrogens (tertiary/aromatic N) is 2. The Labute approximate surface area is 107 Å². The summed E-state index contributed by atoms with van der Waals surface area (Å²) >= 11 is 0. The highest BCUT2D eigenvalue weighted by atomic mass is 16.4. The highest BCUT2D eigenvalue weighted by Crippen LogP contribution is 2.39. The van der Waals surface area contributed by atoms with Crippen LogP contribution in [0.2, 0.25) is 0 Å². The molecule has 0 bridgehead atoms. The standard InChI is InChI=1S/C15H18N2O/c1-10(2)9-11-3-5-12(6-4-11)14-16-17-15(18-14)13-7-8-13/h3-6,10,13H,7-9H2,1-2H3. The summed E-state index contributed by atoms with van der Waals surface area (Å²) in [5, 5.41) is 8.23. The van der Waals surface area contributed by atoms with E-state index in [9.17, 15) is 0 Å². The van der Waals surface area contributed by atoms with Crippen molar-refractivity contribution in [3.05, 3.63) is 35.7 Å². The zero-order valence-corrected chi connectivity index (χ0v) is 10.9. The Balaban J connectivity index is 1.78. The molecule has 2 aromatic rings. The molecule has 0 saturated heterocycles. The van der Waals surface area contributed by atoms with Crippen molar-refractivity contribution in [1.29, 1.82) is 0 Å². The molecule has 3 nitrogen and oxygen atoms in total. The summed E-state index contributed by atoms with van der Waals surface area (Å²) in [6.45, 7) is 4.46. The topological polar surface area (TPSA) is 38.9 Å². The fourth-order valence-corrected chi connectivity index (χ4v) is 2.10. The third kappa shape index (κ3) is 2.45. The first-order valence-corrected chi connectivity index (χ1v) is 6.65. The number of benzene rings is 1. The van der Waals surface area contributed by atoms with Gasteiger partial charge in [-0.3, -0.25) is 0 Å². The fourth-order valence-electron chi connectivity index (χ4n) is 2.10. The molecule has 1 aromatic heterocycles. The van der Waals surface area contributed by atoms with Gasteiger partial charge in [0.15, 0.2) is 0 Å². The zero-order chi connectivity index (χ0) is 12.5. The molecule has 0 aliphatic heterocycles. The Morgan fingerprint density at radius 3 is 2.50 bits per heavy atom. The van der Waals surface area contributed by atoms with Gasteiger partial charge >= 0.3 is 0 Å². The van der Waals surface area contributed by atoms with Gasteiger partial charge in [-0.1, -0.05) is 26.0 Å². The first-order chi connectivity index (χ1) is 8.72. The summed E-state index contributed by atoms with van der Waals surface area (Å²) in [7, 11) is 0. The fraction of sp³-hybridized carbons (Fsp3) is 0.467. The molecule has 0 N–H and O–H groups in total. The van der Waals surface area contributed by atoms with Crippen molar-refractivity contribution in [3.8, 4) is 11.5 Å². The molecule has 0 spiro atoms. The third-order valence-electron chi connectivity index (χ3n) is 3.21. The molecule has 0 amide bonds. The molecule has 0 radical (unpaired) electrons. The van der Waals surface area contributed by atoms with Crippen LogP contribution in [0.4, 0.5) is 0 Å². The van der Waals surface area contributed by atoms with Crippen LogP contribution in [-0.2, 0) is 6.42 Å². The van der Waals surface area contributed by atoms with E-state index < -0.39 is 0 Å². The van der Waals surface area contributed by atoms with Crippen LogP contribution in [0.25, 0.3) is 11.5 Å². The van der Waals surface area contributed by atoms with E-state index in [0.717, 1.165) is 17.9 Å². The maximum atomic E-state index is 5.69. The Hall–Kier alpha value is -1.64. The molecule has 18 heavy (non-hydrogen) atoms. The maximum Gasteiger partial charge on any atom is 0.247 e. The molecule has 0 atom stereocenters. The second-order valence-corrected chi connectivity index (χ2v) is 5.51. The van der Waals surface area contributed by atoms with E-state index in [2.05, 4.69) is 48.3 Å². The monoisotopic (exact) mass is 242 g/mol. The SMILES string of the molecule is CC(C)Cc1ccc(-c2nnc(C3CC3)o2)cc1. The van der Waals surface area contributed by atoms with Crippen LogP contribution in [0.1, 0.15) is 44.1 Å². The summed E-state index contributed by atoms with van der Waals surface area (Å²) in [5.74, 6) is 2.65. The van der Waals surface area contributed by atoms with E-state index in [1.807, 2.05) is 0 Å². The second-order valence-electron chi connectivity index (χ2n) is 5.51. The largest absolute Gasteiger partial charge is 0.420 e. The molecule has 0 unspecified atom stereocenters. The highest BCUT2D eigenvalue weighted by molar-refractivity contribution is 5.53. The van der Waals surface area contributed by atoms with Crippen molar-refractivity contribution in [2.45, 2.75) is 39.0 Å². The predicted molar refractivity (Wildman–Crippen MR) is 70.3 cm³/mol. The maximum absolute atomic E-state index is 5.69. The molecule has 3 rings (SSSR count). The summed E-state index contributed by atoms with van der Waals surface area (Å²) in [4.78, 5) is 0. The lowest BCUT2D eigenvalue weighted by Crippen LogP contribution is -1.93. The first-order valence-electron chi connectivity index (χ1n) is 6.65. The van der Waals surface area contributed by atoms with E-state index in [0.29, 0.717) is 17.7 Å². The quantitative estimate of drug-likeness (QED) is 0.818. The van der Waals surface area contributed by atoms with Gasteiger partial charge in [-0.2, -0.15) is 0 Å². The van der Waals surface area contributed by atoms with Crippen LogP contribution in [0.3, 0.4) is 0 Å². The summed E-state index contributed by atoms with van der Waals surface area (Å²) in [6, 6.07) is 8.44. The van der Waals surface area contributed by atoms with Gasteiger partial charge in [0.25, 0.3) is 0 Å². The Morgan fingerprint density at radius 2 is 1.89 bits per heavy atom. The van der Waals surface area contributed by atoms with E-state index in [1.54, 1.807) is 0 Å². The normalized spacial score (nSPS) is 15.3. The Kier molecular flexibility index (Phi) is 2.90. The number of hydrogen-bond donors (Lipinski definition) is 0. The van der Waals surface area contributed by atoms with Crippen molar-refractivity contribution in [1.82, 2.24) is 10.2 Å². The van der Waals surface area contributed by atoms with Crippen LogP contribution >= 0.6 is 0 Å². The minimum atomic E-state index is 0.520. The van der Waals surface area contributed by atoms with E-state index in [4.69, 9.17) is 4.42 Å². The molecule has 1 aliphatic carbocycles. The summed E-state index contributed by atoms with van der Waals surface area (Å²) in [5.41, 5.74) is 2.37. The van der Waals surface area contributed by atoms with Crippen LogP contribution in [0.5, 0.6) is 0 Å². The number of rotatable bonds is 4. The van der Waals surface area contributed by atoms with Crippen molar-refractivity contribution in [3.63, 3.8) is 0 Å². The molecular weight excluding hydrogens is 224 g/mol. The second kappa shape index (κ2) is 4.56. The van der Waals surface area contributed by atoms with E-state index >= 15 is 0 Å². The van der Waals surface area contributed by atoms with Crippen LogP contribution < -0.4 is 0 Å². The van der Waals surface area contributed by atoms with Gasteiger partial charge in [0.05, 0.1) is 0 Å². The third-order valence-corrected chi connectivity index (χ3v) is 3.21. The number of hydrogen-bond acceptors (Lipinski definition) is 3. The smallest absolute Gasteiger partial charge is 0.247 e. The number of aromatic nitrogens is 2. The van der Waals surface area contributed by atoms with Gasteiger partial charge in [0, 0.05) is 11.5 Å². The summed E-state index contributed by atoms with van der Waals surface area (Å²) < 4.78 is 5.69. The van der Waals surface area contributed by atoms with Gasteiger partial charge in [-0.05, 0) is 42.9 Å². The Bertz CT molecular complexity index is 524. The Morgan fingerprint density at radius 1 is 1.17 bits per heavy atom. The zero-order valence-electron chi connectivity index (χ0n) is 10.9. The highest BCUT2D eigenvalue weighted by Gasteiger charge is 2.29. The first kappa shape index (κ1) is 11.5. The average Bonchev–Trinajstić information content (AvgIpc) is 3.08. The van der Waals surface area contributed by atoms with Crippen molar-refractivity contribution in [2.24, 2.45) is 5.92 Å².